The summed E-state index contributed by atoms with van der Waals surface area (Å²) in [5.74, 6) is -0.962. The summed E-state index contributed by atoms with van der Waals surface area (Å²) in [5, 5.41) is 14.5. The quantitative estimate of drug-likeness (QED) is 0.605. The highest BCUT2D eigenvalue weighted by atomic mass is 35.5. The van der Waals surface area contributed by atoms with E-state index in [1.807, 2.05) is 6.92 Å². The molecule has 1 aliphatic heterocycles. The maximum absolute atomic E-state index is 13.2. The molecule has 17 heavy (non-hydrogen) atoms. The minimum absolute atomic E-state index is 0.0875. The first-order valence-electron chi connectivity index (χ1n) is 4.85. The zero-order valence-corrected chi connectivity index (χ0v) is 9.57. The van der Waals surface area contributed by atoms with Crippen LogP contribution in [0.25, 0.3) is 0 Å². The van der Waals surface area contributed by atoms with Crippen LogP contribution >= 0.6 is 11.6 Å². The van der Waals surface area contributed by atoms with Gasteiger partial charge in [0.15, 0.2) is 0 Å². The number of nitro benzene ring substituents is 1. The van der Waals surface area contributed by atoms with Crippen molar-refractivity contribution in [2.75, 3.05) is 0 Å². The number of halogens is 2. The Morgan fingerprint density at radius 1 is 1.65 bits per heavy atom. The number of nitrogens with zero attached hydrogens (tertiary/aromatic N) is 2. The molecular weight excluding hydrogens is 251 g/mol. The van der Waals surface area contributed by atoms with Crippen molar-refractivity contribution in [1.82, 2.24) is 0 Å². The molecule has 0 radical (unpaired) electrons. The van der Waals surface area contributed by atoms with Crippen molar-refractivity contribution in [1.29, 1.82) is 0 Å². The number of benzene rings is 1. The number of rotatable bonds is 2. The first-order valence-corrected chi connectivity index (χ1v) is 5.23. The van der Waals surface area contributed by atoms with Crippen molar-refractivity contribution >= 4 is 23.0 Å². The standard InChI is InChI=1S/C10H8ClFN2O3/c1-5-2-9(13-17-5)6-3-10(14(15)16)8(12)4-7(6)11/h3-5H,2H2,1H3. The third-order valence-electron chi connectivity index (χ3n) is 2.37. The largest absolute Gasteiger partial charge is 0.392 e. The second-order valence-electron chi connectivity index (χ2n) is 3.70. The van der Waals surface area contributed by atoms with E-state index in [4.69, 9.17) is 16.4 Å². The van der Waals surface area contributed by atoms with Gasteiger partial charge in [-0.2, -0.15) is 4.39 Å². The Balaban J connectivity index is 2.48. The molecule has 0 aromatic heterocycles. The van der Waals surface area contributed by atoms with Gasteiger partial charge in [-0.25, -0.2) is 0 Å². The molecule has 0 spiro atoms. The topological polar surface area (TPSA) is 64.7 Å². The van der Waals surface area contributed by atoms with Gasteiger partial charge in [0.25, 0.3) is 0 Å². The molecule has 0 saturated carbocycles. The molecular formula is C10H8ClFN2O3. The van der Waals surface area contributed by atoms with Crippen LogP contribution in [0.15, 0.2) is 17.3 Å². The van der Waals surface area contributed by atoms with Crippen LogP contribution in [0.2, 0.25) is 5.02 Å². The molecule has 0 amide bonds. The molecule has 1 heterocycles. The van der Waals surface area contributed by atoms with Gasteiger partial charge in [0, 0.05) is 24.1 Å². The van der Waals surface area contributed by atoms with E-state index in [0.717, 1.165) is 12.1 Å². The summed E-state index contributed by atoms with van der Waals surface area (Å²) < 4.78 is 13.2. The van der Waals surface area contributed by atoms with E-state index in [0.29, 0.717) is 17.7 Å². The minimum Gasteiger partial charge on any atom is -0.392 e. The molecule has 0 saturated heterocycles. The van der Waals surface area contributed by atoms with Crippen molar-refractivity contribution in [2.45, 2.75) is 19.4 Å². The monoisotopic (exact) mass is 258 g/mol. The first-order chi connectivity index (χ1) is 7.99. The lowest BCUT2D eigenvalue weighted by Gasteiger charge is -2.03. The van der Waals surface area contributed by atoms with Gasteiger partial charge < -0.3 is 4.84 Å². The van der Waals surface area contributed by atoms with Gasteiger partial charge in [0.05, 0.1) is 15.7 Å². The predicted octanol–water partition coefficient (Wildman–Crippen LogP) is 2.90. The Morgan fingerprint density at radius 3 is 2.88 bits per heavy atom. The molecule has 5 nitrogen and oxygen atoms in total. The molecule has 0 fully saturated rings. The Kier molecular flexibility index (Phi) is 2.97. The van der Waals surface area contributed by atoms with Crippen molar-refractivity contribution in [3.63, 3.8) is 0 Å². The van der Waals surface area contributed by atoms with E-state index < -0.39 is 16.4 Å². The number of hydrogen-bond donors (Lipinski definition) is 0. The lowest BCUT2D eigenvalue weighted by molar-refractivity contribution is -0.387. The molecule has 0 aliphatic carbocycles. The SMILES string of the molecule is CC1CC(c2cc([N+](=O)[O-])c(F)cc2Cl)=NO1. The second kappa shape index (κ2) is 4.29. The summed E-state index contributed by atoms with van der Waals surface area (Å²) in [7, 11) is 0. The smallest absolute Gasteiger partial charge is 0.305 e. The van der Waals surface area contributed by atoms with E-state index >= 15 is 0 Å². The third-order valence-corrected chi connectivity index (χ3v) is 2.68. The summed E-state index contributed by atoms with van der Waals surface area (Å²) in [4.78, 5) is 14.8. The van der Waals surface area contributed by atoms with Crippen LogP contribution in [0.4, 0.5) is 10.1 Å². The van der Waals surface area contributed by atoms with E-state index in [2.05, 4.69) is 5.16 Å². The molecule has 90 valence electrons. The highest BCUT2D eigenvalue weighted by Gasteiger charge is 2.24. The zero-order chi connectivity index (χ0) is 12.6. The van der Waals surface area contributed by atoms with Crippen LogP contribution in [0.1, 0.15) is 18.9 Å². The maximum atomic E-state index is 13.2. The maximum Gasteiger partial charge on any atom is 0.305 e. The summed E-state index contributed by atoms with van der Waals surface area (Å²) in [5.41, 5.74) is 0.210. The van der Waals surface area contributed by atoms with Gasteiger partial charge in [-0.1, -0.05) is 16.8 Å². The lowest BCUT2D eigenvalue weighted by Crippen LogP contribution is -2.05. The number of nitro groups is 1. The number of hydrogen-bond acceptors (Lipinski definition) is 4. The fourth-order valence-corrected chi connectivity index (χ4v) is 1.82. The van der Waals surface area contributed by atoms with Gasteiger partial charge in [-0.3, -0.25) is 10.1 Å². The Labute approximate surface area is 101 Å². The van der Waals surface area contributed by atoms with Crippen LogP contribution in [0.3, 0.4) is 0 Å². The summed E-state index contributed by atoms with van der Waals surface area (Å²) in [6, 6.07) is 2.00. The van der Waals surface area contributed by atoms with Crippen molar-refractivity contribution < 1.29 is 14.2 Å². The zero-order valence-electron chi connectivity index (χ0n) is 8.81. The molecule has 1 unspecified atom stereocenters. The molecule has 1 aromatic rings. The molecule has 0 bridgehead atoms. The highest BCUT2D eigenvalue weighted by Crippen LogP contribution is 2.29. The first kappa shape index (κ1) is 11.8. The van der Waals surface area contributed by atoms with E-state index in [-0.39, 0.29) is 11.1 Å². The van der Waals surface area contributed by atoms with Gasteiger partial charge in [-0.15, -0.1) is 0 Å². The molecule has 1 atom stereocenters. The fourth-order valence-electron chi connectivity index (χ4n) is 1.56. The van der Waals surface area contributed by atoms with Gasteiger partial charge >= 0.3 is 5.69 Å². The van der Waals surface area contributed by atoms with E-state index in [9.17, 15) is 14.5 Å². The Hall–Kier alpha value is -1.69. The van der Waals surface area contributed by atoms with Gasteiger partial charge in [0.1, 0.15) is 6.10 Å². The molecule has 2 rings (SSSR count). The van der Waals surface area contributed by atoms with E-state index in [1.165, 1.54) is 0 Å². The minimum atomic E-state index is -0.962. The van der Waals surface area contributed by atoms with Crippen molar-refractivity contribution in [3.8, 4) is 0 Å². The average Bonchev–Trinajstić information content (AvgIpc) is 2.64. The normalized spacial score (nSPS) is 18.8. The van der Waals surface area contributed by atoms with Gasteiger partial charge in [-0.05, 0) is 6.92 Å². The Morgan fingerprint density at radius 2 is 2.35 bits per heavy atom. The van der Waals surface area contributed by atoms with E-state index in [1.54, 1.807) is 0 Å². The van der Waals surface area contributed by atoms with Gasteiger partial charge in [0.2, 0.25) is 5.82 Å². The molecule has 1 aliphatic rings. The predicted molar refractivity (Wildman–Crippen MR) is 59.8 cm³/mol. The fraction of sp³-hybridized carbons (Fsp3) is 0.300. The Bertz CT molecular complexity index is 519. The summed E-state index contributed by atoms with van der Waals surface area (Å²) >= 11 is 5.83. The van der Waals surface area contributed by atoms with Crippen LogP contribution in [-0.4, -0.2) is 16.7 Å². The molecule has 7 heteroatoms. The van der Waals surface area contributed by atoms with Crippen LogP contribution < -0.4 is 0 Å². The highest BCUT2D eigenvalue weighted by molar-refractivity contribution is 6.34. The summed E-state index contributed by atoms with van der Waals surface area (Å²) in [6.45, 7) is 1.81. The third kappa shape index (κ3) is 2.21. The van der Waals surface area contributed by atoms with Crippen molar-refractivity contribution in [3.05, 3.63) is 38.7 Å². The van der Waals surface area contributed by atoms with Crippen LogP contribution in [0.5, 0.6) is 0 Å². The number of oxime groups is 1. The molecule has 1 aromatic carbocycles. The van der Waals surface area contributed by atoms with Crippen LogP contribution in [-0.2, 0) is 4.84 Å². The average molecular weight is 259 g/mol. The summed E-state index contributed by atoms with van der Waals surface area (Å²) in [6.07, 6.45) is 0.382. The second-order valence-corrected chi connectivity index (χ2v) is 4.11. The van der Waals surface area contributed by atoms with Crippen LogP contribution in [0, 0.1) is 15.9 Å². The lowest BCUT2D eigenvalue weighted by atomic mass is 10.0. The molecule has 0 N–H and O–H groups in total. The van der Waals surface area contributed by atoms with Crippen molar-refractivity contribution in [2.24, 2.45) is 5.16 Å².